The third-order valence-corrected chi connectivity index (χ3v) is 3.63. The van der Waals surface area contributed by atoms with Crippen molar-refractivity contribution >= 4 is 23.2 Å². The van der Waals surface area contributed by atoms with Crippen molar-refractivity contribution in [3.63, 3.8) is 0 Å². The van der Waals surface area contributed by atoms with Gasteiger partial charge in [-0.2, -0.15) is 0 Å². The SMILES string of the molecule is Cc1cc(C(Cl)c2cccc(Cl)c2)cc(C)c1F. The minimum absolute atomic E-state index is 0.172. The van der Waals surface area contributed by atoms with Crippen LogP contribution in [-0.4, -0.2) is 0 Å². The van der Waals surface area contributed by atoms with Crippen molar-refractivity contribution < 1.29 is 4.39 Å². The van der Waals surface area contributed by atoms with Crippen LogP contribution in [0.2, 0.25) is 5.02 Å². The molecule has 18 heavy (non-hydrogen) atoms. The molecular weight excluding hydrogens is 270 g/mol. The van der Waals surface area contributed by atoms with Gasteiger partial charge in [0.1, 0.15) is 5.82 Å². The van der Waals surface area contributed by atoms with Crippen LogP contribution in [0.25, 0.3) is 0 Å². The van der Waals surface area contributed by atoms with Crippen LogP contribution < -0.4 is 0 Å². The summed E-state index contributed by atoms with van der Waals surface area (Å²) in [5.74, 6) is -0.172. The second kappa shape index (κ2) is 5.29. The monoisotopic (exact) mass is 282 g/mol. The minimum Gasteiger partial charge on any atom is -0.206 e. The highest BCUT2D eigenvalue weighted by Gasteiger charge is 2.14. The molecule has 1 atom stereocenters. The summed E-state index contributed by atoms with van der Waals surface area (Å²) in [6.45, 7) is 3.49. The van der Waals surface area contributed by atoms with Gasteiger partial charge in [0.15, 0.2) is 0 Å². The molecule has 0 spiro atoms. The average molecular weight is 283 g/mol. The highest BCUT2D eigenvalue weighted by molar-refractivity contribution is 6.30. The van der Waals surface area contributed by atoms with Gasteiger partial charge in [-0.25, -0.2) is 4.39 Å². The van der Waals surface area contributed by atoms with Crippen molar-refractivity contribution in [2.75, 3.05) is 0 Å². The number of benzene rings is 2. The molecule has 1 unspecified atom stereocenters. The normalized spacial score (nSPS) is 12.5. The number of alkyl halides is 1. The van der Waals surface area contributed by atoms with Gasteiger partial charge in [0.05, 0.1) is 5.38 Å². The van der Waals surface area contributed by atoms with E-state index in [2.05, 4.69) is 0 Å². The Hall–Kier alpha value is -1.05. The van der Waals surface area contributed by atoms with Crippen molar-refractivity contribution in [3.8, 4) is 0 Å². The molecule has 0 aliphatic heterocycles. The molecule has 0 bridgehead atoms. The molecule has 0 aromatic heterocycles. The standard InChI is InChI=1S/C15H13Cl2F/c1-9-6-12(7-10(2)15(9)18)14(17)11-4-3-5-13(16)8-11/h3-8,14H,1-2H3. The summed E-state index contributed by atoms with van der Waals surface area (Å²) in [7, 11) is 0. The molecule has 94 valence electrons. The predicted molar refractivity (Wildman–Crippen MR) is 75.0 cm³/mol. The summed E-state index contributed by atoms with van der Waals surface area (Å²) in [5.41, 5.74) is 3.01. The highest BCUT2D eigenvalue weighted by atomic mass is 35.5. The molecular formula is C15H13Cl2F. The first kappa shape index (κ1) is 13.4. The van der Waals surface area contributed by atoms with Crippen LogP contribution in [0.3, 0.4) is 0 Å². The molecule has 2 rings (SSSR count). The Morgan fingerprint density at radius 2 is 1.61 bits per heavy atom. The molecule has 0 N–H and O–H groups in total. The third-order valence-electron chi connectivity index (χ3n) is 2.89. The lowest BCUT2D eigenvalue weighted by atomic mass is 10.00. The lowest BCUT2D eigenvalue weighted by Gasteiger charge is -2.13. The second-order valence-electron chi connectivity index (χ2n) is 4.39. The van der Waals surface area contributed by atoms with Crippen molar-refractivity contribution in [1.82, 2.24) is 0 Å². The maximum Gasteiger partial charge on any atom is 0.129 e. The number of rotatable bonds is 2. The van der Waals surface area contributed by atoms with Crippen LogP contribution in [0, 0.1) is 19.7 Å². The molecule has 0 heterocycles. The summed E-state index contributed by atoms with van der Waals surface area (Å²) in [4.78, 5) is 0. The Kier molecular flexibility index (Phi) is 3.94. The highest BCUT2D eigenvalue weighted by Crippen LogP contribution is 2.32. The Morgan fingerprint density at radius 3 is 2.17 bits per heavy atom. The summed E-state index contributed by atoms with van der Waals surface area (Å²) < 4.78 is 13.6. The van der Waals surface area contributed by atoms with Crippen molar-refractivity contribution in [1.29, 1.82) is 0 Å². The van der Waals surface area contributed by atoms with Gasteiger partial charge in [-0.15, -0.1) is 11.6 Å². The smallest absolute Gasteiger partial charge is 0.129 e. The fraction of sp³-hybridized carbons (Fsp3) is 0.200. The minimum atomic E-state index is -0.318. The summed E-state index contributed by atoms with van der Waals surface area (Å²) in [6.07, 6.45) is 0. The molecule has 3 heteroatoms. The van der Waals surface area contributed by atoms with E-state index in [1.807, 2.05) is 18.2 Å². The second-order valence-corrected chi connectivity index (χ2v) is 5.26. The number of halogens is 3. The Labute approximate surface area is 116 Å². The van der Waals surface area contributed by atoms with E-state index in [0.29, 0.717) is 16.1 Å². The zero-order valence-electron chi connectivity index (χ0n) is 10.2. The molecule has 0 saturated heterocycles. The summed E-state index contributed by atoms with van der Waals surface area (Å²) in [5, 5.41) is 0.329. The average Bonchev–Trinajstić information content (AvgIpc) is 2.34. The molecule has 2 aromatic rings. The molecule has 0 aliphatic rings. The van der Waals surface area contributed by atoms with Gasteiger partial charge in [0, 0.05) is 5.02 Å². The lowest BCUT2D eigenvalue weighted by Crippen LogP contribution is -1.97. The Balaban J connectivity index is 2.43. The van der Waals surface area contributed by atoms with Gasteiger partial charge >= 0.3 is 0 Å². The molecule has 0 radical (unpaired) electrons. The number of aryl methyl sites for hydroxylation is 2. The first-order valence-corrected chi connectivity index (χ1v) is 6.46. The maximum atomic E-state index is 13.6. The molecule has 2 aromatic carbocycles. The molecule has 0 saturated carbocycles. The first-order valence-electron chi connectivity index (χ1n) is 5.65. The fourth-order valence-corrected chi connectivity index (χ4v) is 2.44. The van der Waals surface area contributed by atoms with E-state index in [9.17, 15) is 4.39 Å². The molecule has 0 amide bonds. The van der Waals surface area contributed by atoms with Gasteiger partial charge in [-0.05, 0) is 48.2 Å². The summed E-state index contributed by atoms with van der Waals surface area (Å²) in [6, 6.07) is 11.0. The fourth-order valence-electron chi connectivity index (χ4n) is 1.98. The van der Waals surface area contributed by atoms with E-state index in [0.717, 1.165) is 11.1 Å². The van der Waals surface area contributed by atoms with E-state index in [-0.39, 0.29) is 11.2 Å². The molecule has 0 nitrogen and oxygen atoms in total. The maximum absolute atomic E-state index is 13.6. The van der Waals surface area contributed by atoms with Crippen molar-refractivity contribution in [2.24, 2.45) is 0 Å². The van der Waals surface area contributed by atoms with Crippen LogP contribution in [0.1, 0.15) is 27.6 Å². The van der Waals surface area contributed by atoms with E-state index >= 15 is 0 Å². The zero-order chi connectivity index (χ0) is 13.3. The van der Waals surface area contributed by atoms with Gasteiger partial charge in [0.2, 0.25) is 0 Å². The molecule has 0 fully saturated rings. The first-order chi connectivity index (χ1) is 8.49. The van der Waals surface area contributed by atoms with Crippen LogP contribution in [-0.2, 0) is 0 Å². The van der Waals surface area contributed by atoms with E-state index in [1.54, 1.807) is 32.0 Å². The topological polar surface area (TPSA) is 0 Å². The van der Waals surface area contributed by atoms with Gasteiger partial charge in [0.25, 0.3) is 0 Å². The van der Waals surface area contributed by atoms with Gasteiger partial charge in [-0.3, -0.25) is 0 Å². The van der Waals surface area contributed by atoms with Gasteiger partial charge < -0.3 is 0 Å². The van der Waals surface area contributed by atoms with Crippen LogP contribution in [0.5, 0.6) is 0 Å². The predicted octanol–water partition coefficient (Wildman–Crippen LogP) is 5.42. The largest absolute Gasteiger partial charge is 0.206 e. The Morgan fingerprint density at radius 1 is 1.00 bits per heavy atom. The third kappa shape index (κ3) is 2.68. The van der Waals surface area contributed by atoms with Gasteiger partial charge in [-0.1, -0.05) is 35.9 Å². The van der Waals surface area contributed by atoms with Crippen LogP contribution in [0.4, 0.5) is 4.39 Å². The Bertz CT molecular complexity index is 555. The number of hydrogen-bond donors (Lipinski definition) is 0. The number of hydrogen-bond acceptors (Lipinski definition) is 0. The van der Waals surface area contributed by atoms with Crippen LogP contribution in [0.15, 0.2) is 36.4 Å². The quantitative estimate of drug-likeness (QED) is 0.645. The van der Waals surface area contributed by atoms with E-state index < -0.39 is 0 Å². The van der Waals surface area contributed by atoms with Crippen molar-refractivity contribution in [3.05, 3.63) is 69.5 Å². The van der Waals surface area contributed by atoms with Crippen LogP contribution >= 0.6 is 23.2 Å². The molecule has 0 aliphatic carbocycles. The van der Waals surface area contributed by atoms with E-state index in [4.69, 9.17) is 23.2 Å². The summed E-state index contributed by atoms with van der Waals surface area (Å²) >= 11 is 12.4. The lowest BCUT2D eigenvalue weighted by molar-refractivity contribution is 0.608. The van der Waals surface area contributed by atoms with E-state index in [1.165, 1.54) is 0 Å². The van der Waals surface area contributed by atoms with Crippen molar-refractivity contribution in [2.45, 2.75) is 19.2 Å². The zero-order valence-corrected chi connectivity index (χ0v) is 11.7.